The first-order valence-electron chi connectivity index (χ1n) is 6.46. The molecule has 0 spiro atoms. The summed E-state index contributed by atoms with van der Waals surface area (Å²) in [7, 11) is 0. The second-order valence-electron chi connectivity index (χ2n) is 4.86. The van der Waals surface area contributed by atoms with Crippen molar-refractivity contribution in [1.29, 1.82) is 0 Å². The molecule has 1 heterocycles. The molecule has 0 aliphatic carbocycles. The van der Waals surface area contributed by atoms with Crippen LogP contribution in [-0.4, -0.2) is 18.5 Å². The maximum Gasteiger partial charge on any atom is 0.241 e. The minimum atomic E-state index is -0.0493. The van der Waals surface area contributed by atoms with Gasteiger partial charge in [0.25, 0.3) is 0 Å². The summed E-state index contributed by atoms with van der Waals surface area (Å²) in [6, 6.07) is 5.90. The van der Waals surface area contributed by atoms with Gasteiger partial charge in [0.1, 0.15) is 0 Å². The minimum Gasteiger partial charge on any atom is -0.325 e. The number of hydrogen-bond donors (Lipinski definition) is 2. The number of benzene rings is 1. The molecule has 3 nitrogen and oxygen atoms in total. The first kappa shape index (κ1) is 13.6. The second-order valence-corrected chi connectivity index (χ2v) is 5.78. The summed E-state index contributed by atoms with van der Waals surface area (Å²) in [6.45, 7) is 2.96. The van der Waals surface area contributed by atoms with E-state index in [1.54, 1.807) is 0 Å². The highest BCUT2D eigenvalue weighted by Crippen LogP contribution is 2.19. The molecule has 1 amide bonds. The van der Waals surface area contributed by atoms with Gasteiger partial charge in [-0.1, -0.05) is 28.8 Å². The van der Waals surface area contributed by atoms with Crippen LogP contribution in [0, 0.1) is 6.92 Å². The molecule has 1 unspecified atom stereocenters. The third-order valence-corrected chi connectivity index (χ3v) is 3.64. The number of nitrogens with one attached hydrogen (secondary N) is 2. The topological polar surface area (TPSA) is 41.1 Å². The van der Waals surface area contributed by atoms with E-state index in [-0.39, 0.29) is 11.9 Å². The van der Waals surface area contributed by atoms with Crippen molar-refractivity contribution in [2.24, 2.45) is 0 Å². The average Bonchev–Trinajstić information content (AvgIpc) is 2.55. The highest BCUT2D eigenvalue weighted by atomic mass is 79.9. The fourth-order valence-corrected chi connectivity index (χ4v) is 2.90. The van der Waals surface area contributed by atoms with Gasteiger partial charge in [0.05, 0.1) is 6.04 Å². The fourth-order valence-electron chi connectivity index (χ4n) is 2.29. The van der Waals surface area contributed by atoms with Crippen molar-refractivity contribution in [3.05, 3.63) is 28.2 Å². The minimum absolute atomic E-state index is 0.0493. The molecule has 1 atom stereocenters. The van der Waals surface area contributed by atoms with Crippen LogP contribution in [0.25, 0.3) is 0 Å². The zero-order valence-electron chi connectivity index (χ0n) is 10.6. The summed E-state index contributed by atoms with van der Waals surface area (Å²) in [5, 5.41) is 6.30. The number of aryl methyl sites for hydroxylation is 1. The fraction of sp³-hybridized carbons (Fsp3) is 0.500. The summed E-state index contributed by atoms with van der Waals surface area (Å²) in [5.74, 6) is 0.0781. The molecule has 0 saturated carbocycles. The Bertz CT molecular complexity index is 406. The molecule has 0 bridgehead atoms. The van der Waals surface area contributed by atoms with Gasteiger partial charge in [-0.3, -0.25) is 4.79 Å². The Morgan fingerprint density at radius 1 is 1.33 bits per heavy atom. The Hall–Kier alpha value is -0.870. The van der Waals surface area contributed by atoms with Gasteiger partial charge in [0, 0.05) is 10.2 Å². The van der Waals surface area contributed by atoms with Crippen molar-refractivity contribution >= 4 is 27.5 Å². The van der Waals surface area contributed by atoms with Gasteiger partial charge in [-0.25, -0.2) is 0 Å². The molecule has 2 N–H and O–H groups in total. The van der Waals surface area contributed by atoms with Crippen LogP contribution in [0.4, 0.5) is 5.69 Å². The Kier molecular flexibility index (Phi) is 4.78. The summed E-state index contributed by atoms with van der Waals surface area (Å²) in [4.78, 5) is 12.2. The molecule has 1 saturated heterocycles. The van der Waals surface area contributed by atoms with Crippen LogP contribution in [-0.2, 0) is 4.79 Å². The molecule has 4 heteroatoms. The molecular formula is C14H19BrN2O. The van der Waals surface area contributed by atoms with E-state index in [1.165, 1.54) is 12.8 Å². The highest BCUT2D eigenvalue weighted by Gasteiger charge is 2.19. The Morgan fingerprint density at radius 3 is 2.94 bits per heavy atom. The smallest absolute Gasteiger partial charge is 0.241 e. The highest BCUT2D eigenvalue weighted by molar-refractivity contribution is 9.10. The van der Waals surface area contributed by atoms with Crippen LogP contribution in [0.2, 0.25) is 0 Å². The lowest BCUT2D eigenvalue weighted by Gasteiger charge is -2.16. The Morgan fingerprint density at radius 2 is 2.17 bits per heavy atom. The number of halogens is 1. The quantitative estimate of drug-likeness (QED) is 0.880. The third-order valence-electron chi connectivity index (χ3n) is 3.19. The molecule has 0 aromatic heterocycles. The van der Waals surface area contributed by atoms with Crippen LogP contribution < -0.4 is 10.6 Å². The van der Waals surface area contributed by atoms with Crippen molar-refractivity contribution < 1.29 is 4.79 Å². The maximum absolute atomic E-state index is 12.2. The Labute approximate surface area is 116 Å². The SMILES string of the molecule is Cc1cc(Br)cc(NC(=O)C2CCCCCN2)c1. The lowest BCUT2D eigenvalue weighted by molar-refractivity contribution is -0.118. The molecular weight excluding hydrogens is 292 g/mol. The van der Waals surface area contributed by atoms with E-state index < -0.39 is 0 Å². The third kappa shape index (κ3) is 3.82. The number of carbonyl (C=O) groups excluding carboxylic acids is 1. The standard InChI is InChI=1S/C14H19BrN2O/c1-10-7-11(15)9-12(8-10)17-14(18)13-5-3-2-4-6-16-13/h7-9,13,16H,2-6H2,1H3,(H,17,18). The van der Waals surface area contributed by atoms with E-state index >= 15 is 0 Å². The normalized spacial score (nSPS) is 20.2. The van der Waals surface area contributed by atoms with Gasteiger partial charge in [-0.15, -0.1) is 0 Å². The zero-order valence-corrected chi connectivity index (χ0v) is 12.2. The second kappa shape index (κ2) is 6.34. The van der Waals surface area contributed by atoms with Crippen molar-refractivity contribution in [2.75, 3.05) is 11.9 Å². The lowest BCUT2D eigenvalue weighted by atomic mass is 10.1. The van der Waals surface area contributed by atoms with Crippen LogP contribution in [0.5, 0.6) is 0 Å². The lowest BCUT2D eigenvalue weighted by Crippen LogP contribution is -2.39. The van der Waals surface area contributed by atoms with E-state index in [0.29, 0.717) is 0 Å². The van der Waals surface area contributed by atoms with Crippen LogP contribution in [0.3, 0.4) is 0 Å². The molecule has 18 heavy (non-hydrogen) atoms. The first-order valence-corrected chi connectivity index (χ1v) is 7.26. The molecule has 0 radical (unpaired) electrons. The van der Waals surface area contributed by atoms with Gasteiger partial charge >= 0.3 is 0 Å². The zero-order chi connectivity index (χ0) is 13.0. The van der Waals surface area contributed by atoms with Crippen molar-refractivity contribution in [1.82, 2.24) is 5.32 Å². The first-order chi connectivity index (χ1) is 8.65. The Balaban J connectivity index is 2.01. The van der Waals surface area contributed by atoms with Gasteiger partial charge < -0.3 is 10.6 Å². The van der Waals surface area contributed by atoms with E-state index in [2.05, 4.69) is 26.6 Å². The molecule has 2 rings (SSSR count). The maximum atomic E-state index is 12.2. The number of anilines is 1. The van der Waals surface area contributed by atoms with Crippen LogP contribution in [0.1, 0.15) is 31.2 Å². The molecule has 1 fully saturated rings. The number of amides is 1. The number of hydrogen-bond acceptors (Lipinski definition) is 2. The van der Waals surface area contributed by atoms with Crippen LogP contribution >= 0.6 is 15.9 Å². The average molecular weight is 311 g/mol. The van der Waals surface area contributed by atoms with Gasteiger partial charge in [-0.05, 0) is 50.1 Å². The molecule has 1 aliphatic heterocycles. The summed E-state index contributed by atoms with van der Waals surface area (Å²) in [5.41, 5.74) is 1.99. The summed E-state index contributed by atoms with van der Waals surface area (Å²) < 4.78 is 0.992. The van der Waals surface area contributed by atoms with E-state index in [1.807, 2.05) is 25.1 Å². The molecule has 1 aromatic rings. The van der Waals surface area contributed by atoms with E-state index in [0.717, 1.165) is 35.1 Å². The largest absolute Gasteiger partial charge is 0.325 e. The summed E-state index contributed by atoms with van der Waals surface area (Å²) in [6.07, 6.45) is 4.44. The predicted octanol–water partition coefficient (Wildman–Crippen LogP) is 3.23. The van der Waals surface area contributed by atoms with Gasteiger partial charge in [0.2, 0.25) is 5.91 Å². The van der Waals surface area contributed by atoms with Crippen molar-refractivity contribution in [2.45, 2.75) is 38.6 Å². The number of rotatable bonds is 2. The van der Waals surface area contributed by atoms with Gasteiger partial charge in [-0.2, -0.15) is 0 Å². The van der Waals surface area contributed by atoms with E-state index in [9.17, 15) is 4.79 Å². The number of carbonyl (C=O) groups is 1. The van der Waals surface area contributed by atoms with Crippen LogP contribution in [0.15, 0.2) is 22.7 Å². The molecule has 1 aromatic carbocycles. The predicted molar refractivity (Wildman–Crippen MR) is 77.8 cm³/mol. The van der Waals surface area contributed by atoms with Crippen molar-refractivity contribution in [3.8, 4) is 0 Å². The molecule has 98 valence electrons. The van der Waals surface area contributed by atoms with E-state index in [4.69, 9.17) is 0 Å². The molecule has 1 aliphatic rings. The summed E-state index contributed by atoms with van der Waals surface area (Å²) >= 11 is 3.44. The monoisotopic (exact) mass is 310 g/mol. The van der Waals surface area contributed by atoms with Gasteiger partial charge in [0.15, 0.2) is 0 Å². The van der Waals surface area contributed by atoms with Crippen molar-refractivity contribution in [3.63, 3.8) is 0 Å².